The van der Waals surface area contributed by atoms with Crippen molar-refractivity contribution in [1.82, 2.24) is 0 Å². The fourth-order valence-corrected chi connectivity index (χ4v) is 3.82. The zero-order chi connectivity index (χ0) is 12.7. The molecule has 19 heavy (non-hydrogen) atoms. The van der Waals surface area contributed by atoms with E-state index in [1.165, 1.54) is 49.8 Å². The predicted octanol–water partition coefficient (Wildman–Crippen LogP) is 3.93. The Kier molecular flexibility index (Phi) is 2.99. The third kappa shape index (κ3) is 2.27. The molecule has 3 atom stereocenters. The summed E-state index contributed by atoms with van der Waals surface area (Å²) in [5.74, 6) is 1.57. The molecule has 2 saturated heterocycles. The molecule has 2 aliphatic heterocycles. The Labute approximate surface area is 115 Å². The third-order valence-corrected chi connectivity index (χ3v) is 5.29. The quantitative estimate of drug-likeness (QED) is 0.882. The number of nitrogens with one attached hydrogen (secondary N) is 1. The maximum Gasteiger partial charge on any atom is 0.0625 e. The van der Waals surface area contributed by atoms with E-state index in [0.29, 0.717) is 12.2 Å². The molecule has 3 aliphatic rings. The number of benzene rings is 1. The van der Waals surface area contributed by atoms with Crippen LogP contribution in [-0.4, -0.2) is 18.8 Å². The van der Waals surface area contributed by atoms with Crippen LogP contribution in [0.5, 0.6) is 0 Å². The van der Waals surface area contributed by atoms with Gasteiger partial charge in [0.05, 0.1) is 12.2 Å². The minimum absolute atomic E-state index is 0.534. The molecule has 2 heteroatoms. The lowest BCUT2D eigenvalue weighted by molar-refractivity contribution is 0.0941. The molecule has 102 valence electrons. The van der Waals surface area contributed by atoms with Crippen LogP contribution in [0.25, 0.3) is 0 Å². The predicted molar refractivity (Wildman–Crippen MR) is 77.5 cm³/mol. The third-order valence-electron chi connectivity index (χ3n) is 5.29. The second-order valence-corrected chi connectivity index (χ2v) is 6.50. The highest BCUT2D eigenvalue weighted by atomic mass is 16.5. The van der Waals surface area contributed by atoms with Gasteiger partial charge in [-0.1, -0.05) is 18.6 Å². The van der Waals surface area contributed by atoms with E-state index in [4.69, 9.17) is 4.74 Å². The minimum atomic E-state index is 0.534. The molecular formula is C17H23NO. The van der Waals surface area contributed by atoms with E-state index in [9.17, 15) is 0 Å². The topological polar surface area (TPSA) is 21.3 Å². The van der Waals surface area contributed by atoms with Crippen molar-refractivity contribution in [3.05, 3.63) is 29.8 Å². The minimum Gasteiger partial charge on any atom is -0.385 e. The average Bonchev–Trinajstić information content (AvgIpc) is 2.98. The second-order valence-electron chi connectivity index (χ2n) is 6.50. The maximum atomic E-state index is 5.91. The molecule has 1 aliphatic carbocycles. The molecule has 3 fully saturated rings. The monoisotopic (exact) mass is 257 g/mol. The summed E-state index contributed by atoms with van der Waals surface area (Å²) in [6.45, 7) is 1.07. The Morgan fingerprint density at radius 1 is 1.05 bits per heavy atom. The van der Waals surface area contributed by atoms with E-state index in [-0.39, 0.29) is 0 Å². The normalized spacial score (nSPS) is 33.4. The molecule has 0 spiro atoms. The Balaban J connectivity index is 1.32. The standard InChI is InChI=1S/C17H23NO/c1-2-12(3-1)13-4-6-15(7-5-13)18-11-14-10-16-8-9-17(14)19-16/h4-7,12,14,16-18H,1-3,8-11H2. The van der Waals surface area contributed by atoms with Crippen molar-refractivity contribution < 1.29 is 4.74 Å². The van der Waals surface area contributed by atoms with Gasteiger partial charge in [0, 0.05) is 18.2 Å². The zero-order valence-corrected chi connectivity index (χ0v) is 11.5. The average molecular weight is 257 g/mol. The number of ether oxygens (including phenoxy) is 1. The Bertz CT molecular complexity index is 437. The highest BCUT2D eigenvalue weighted by molar-refractivity contribution is 5.45. The van der Waals surface area contributed by atoms with Crippen molar-refractivity contribution in [2.24, 2.45) is 5.92 Å². The molecule has 0 radical (unpaired) electrons. The fourth-order valence-electron chi connectivity index (χ4n) is 3.82. The van der Waals surface area contributed by atoms with Crippen molar-refractivity contribution in [3.63, 3.8) is 0 Å². The molecule has 3 unspecified atom stereocenters. The van der Waals surface area contributed by atoms with Gasteiger partial charge in [-0.15, -0.1) is 0 Å². The van der Waals surface area contributed by atoms with Gasteiger partial charge in [-0.2, -0.15) is 0 Å². The van der Waals surface area contributed by atoms with Crippen LogP contribution in [0, 0.1) is 5.92 Å². The van der Waals surface area contributed by atoms with E-state index in [1.54, 1.807) is 0 Å². The van der Waals surface area contributed by atoms with Crippen LogP contribution in [-0.2, 0) is 4.74 Å². The van der Waals surface area contributed by atoms with Gasteiger partial charge in [-0.25, -0.2) is 0 Å². The van der Waals surface area contributed by atoms with Crippen LogP contribution >= 0.6 is 0 Å². The van der Waals surface area contributed by atoms with Gasteiger partial charge in [0.15, 0.2) is 0 Å². The first-order valence-corrected chi connectivity index (χ1v) is 7.88. The lowest BCUT2D eigenvalue weighted by Gasteiger charge is -2.26. The molecule has 2 heterocycles. The van der Waals surface area contributed by atoms with Gasteiger partial charge >= 0.3 is 0 Å². The molecule has 4 rings (SSSR count). The van der Waals surface area contributed by atoms with Gasteiger partial charge in [-0.3, -0.25) is 0 Å². The summed E-state index contributed by atoms with van der Waals surface area (Å²) in [5, 5.41) is 3.59. The first kappa shape index (κ1) is 11.8. The van der Waals surface area contributed by atoms with Crippen LogP contribution in [0.4, 0.5) is 5.69 Å². The molecule has 0 aromatic heterocycles. The van der Waals surface area contributed by atoms with Gasteiger partial charge in [0.25, 0.3) is 0 Å². The summed E-state index contributed by atoms with van der Waals surface area (Å²) in [5.41, 5.74) is 2.80. The van der Waals surface area contributed by atoms with Crippen molar-refractivity contribution in [2.45, 2.75) is 56.7 Å². The summed E-state index contributed by atoms with van der Waals surface area (Å²) >= 11 is 0. The molecule has 2 bridgehead atoms. The zero-order valence-electron chi connectivity index (χ0n) is 11.5. The van der Waals surface area contributed by atoms with E-state index >= 15 is 0 Å². The van der Waals surface area contributed by atoms with Crippen LogP contribution in [0.1, 0.15) is 50.0 Å². The lowest BCUT2D eigenvalue weighted by Crippen LogP contribution is -2.24. The first-order chi connectivity index (χ1) is 9.38. The van der Waals surface area contributed by atoms with Gasteiger partial charge in [0.1, 0.15) is 0 Å². The molecular weight excluding hydrogens is 234 g/mol. The summed E-state index contributed by atoms with van der Waals surface area (Å²) in [4.78, 5) is 0. The summed E-state index contributed by atoms with van der Waals surface area (Å²) < 4.78 is 5.91. The van der Waals surface area contributed by atoms with E-state index in [1.807, 2.05) is 0 Å². The van der Waals surface area contributed by atoms with Crippen molar-refractivity contribution >= 4 is 5.69 Å². The van der Waals surface area contributed by atoms with Crippen molar-refractivity contribution in [3.8, 4) is 0 Å². The van der Waals surface area contributed by atoms with Crippen molar-refractivity contribution in [1.29, 1.82) is 0 Å². The number of hydrogen-bond donors (Lipinski definition) is 1. The maximum absolute atomic E-state index is 5.91. The van der Waals surface area contributed by atoms with E-state index < -0.39 is 0 Å². The van der Waals surface area contributed by atoms with Crippen LogP contribution in [0.3, 0.4) is 0 Å². The summed E-state index contributed by atoms with van der Waals surface area (Å²) in [6, 6.07) is 9.12. The smallest absolute Gasteiger partial charge is 0.0625 e. The SMILES string of the molecule is c1cc(C2CCC2)ccc1NCC1CC2CCC1O2. The van der Waals surface area contributed by atoms with E-state index in [2.05, 4.69) is 29.6 Å². The van der Waals surface area contributed by atoms with E-state index in [0.717, 1.165) is 18.4 Å². The van der Waals surface area contributed by atoms with Gasteiger partial charge in [0.2, 0.25) is 0 Å². The molecule has 1 aromatic carbocycles. The van der Waals surface area contributed by atoms with Gasteiger partial charge < -0.3 is 10.1 Å². The highest BCUT2D eigenvalue weighted by Crippen LogP contribution is 2.39. The summed E-state index contributed by atoms with van der Waals surface area (Å²) in [6.07, 6.45) is 9.11. The van der Waals surface area contributed by atoms with Crippen molar-refractivity contribution in [2.75, 3.05) is 11.9 Å². The molecule has 1 aromatic rings. The molecule has 0 amide bonds. The Hall–Kier alpha value is -1.02. The highest BCUT2D eigenvalue weighted by Gasteiger charge is 2.40. The largest absolute Gasteiger partial charge is 0.385 e. The van der Waals surface area contributed by atoms with Crippen LogP contribution in [0.15, 0.2) is 24.3 Å². The first-order valence-electron chi connectivity index (χ1n) is 7.88. The lowest BCUT2D eigenvalue weighted by atomic mass is 9.80. The number of fused-ring (bicyclic) bond motifs is 2. The Morgan fingerprint density at radius 3 is 2.47 bits per heavy atom. The van der Waals surface area contributed by atoms with Crippen LogP contribution in [0.2, 0.25) is 0 Å². The molecule has 2 nitrogen and oxygen atoms in total. The number of hydrogen-bond acceptors (Lipinski definition) is 2. The van der Waals surface area contributed by atoms with Gasteiger partial charge in [-0.05, 0) is 55.7 Å². The molecule has 1 N–H and O–H groups in total. The number of rotatable bonds is 4. The number of anilines is 1. The molecule has 1 saturated carbocycles. The van der Waals surface area contributed by atoms with Crippen LogP contribution < -0.4 is 5.32 Å². The Morgan fingerprint density at radius 2 is 1.89 bits per heavy atom. The fraction of sp³-hybridized carbons (Fsp3) is 0.647. The second kappa shape index (κ2) is 4.82. The summed E-state index contributed by atoms with van der Waals surface area (Å²) in [7, 11) is 0.